The Morgan fingerprint density at radius 1 is 0.388 bits per heavy atom. The van der Waals surface area contributed by atoms with E-state index in [1.165, 1.54) is 0 Å². The van der Waals surface area contributed by atoms with Crippen LogP contribution in [0.3, 0.4) is 0 Å². The summed E-state index contributed by atoms with van der Waals surface area (Å²) in [4.78, 5) is 40.9. The Kier molecular flexibility index (Phi) is 17.8. The van der Waals surface area contributed by atoms with E-state index in [-0.39, 0.29) is 58.9 Å². The molecule has 10 rings (SSSR count). The van der Waals surface area contributed by atoms with Crippen molar-refractivity contribution in [3.63, 3.8) is 0 Å². The number of nitrogens with two attached hydrogens (primary N) is 5. The lowest BCUT2D eigenvalue weighted by Crippen LogP contribution is -2.44. The van der Waals surface area contributed by atoms with Gasteiger partial charge in [-0.2, -0.15) is 25.0 Å². The van der Waals surface area contributed by atoms with Crippen LogP contribution in [-0.4, -0.2) is 318 Å². The van der Waals surface area contributed by atoms with Crippen molar-refractivity contribution in [1.82, 2.24) is 24.5 Å². The zero-order valence-electron chi connectivity index (χ0n) is 54.9. The molecule has 5 unspecified atom stereocenters. The summed E-state index contributed by atoms with van der Waals surface area (Å²) in [6.07, 6.45) is -35.1. The molecule has 0 radical (unpaired) electrons. The molecule has 0 aromatic carbocycles. The molecule has 10 aliphatic heterocycles. The van der Waals surface area contributed by atoms with Crippen LogP contribution in [0.5, 0.6) is 0 Å². The molecule has 85 heavy (non-hydrogen) atoms. The fourth-order valence-corrected chi connectivity index (χ4v) is 7.74. The molecule has 5 fully saturated rings. The van der Waals surface area contributed by atoms with Crippen LogP contribution in [0.25, 0.3) is 0 Å². The second-order valence-electron chi connectivity index (χ2n) is 17.7. The number of aliphatic imine (C=N–C) groups is 10. The van der Waals surface area contributed by atoms with Crippen molar-refractivity contribution in [1.29, 1.82) is 0 Å². The fourth-order valence-electron chi connectivity index (χ4n) is 7.74. The molecule has 25 N–H and O–H groups in total. The second-order valence-corrected chi connectivity index (χ2v) is 17.7. The van der Waals surface area contributed by atoms with Crippen LogP contribution in [0.15, 0.2) is 112 Å². The number of nitrogens with zero attached hydrogens (tertiary/aromatic N) is 15. The molecule has 0 bridgehead atoms. The van der Waals surface area contributed by atoms with E-state index < -0.39 is 187 Å². The average Bonchev–Trinajstić information content (AvgIpc) is 1.59. The maximum atomic E-state index is 9.96. The molecule has 0 aromatic heterocycles. The molecule has 0 aliphatic carbocycles. The van der Waals surface area contributed by atoms with Gasteiger partial charge in [-0.05, 0) is 0 Å². The molecule has 20 atom stereocenters. The molecule has 0 saturated carbocycles. The molecule has 0 spiro atoms. The molecule has 5 saturated heterocycles. The van der Waals surface area contributed by atoms with Gasteiger partial charge in [-0.25, -0.2) is 25.0 Å². The highest BCUT2D eigenvalue weighted by atomic mass is 16.6. The monoisotopic (exact) mass is 1220 g/mol. The SMILES string of the molecule is [2H]C1=NC(N)=NC(=C)N1[C@@H]1O[C@H](C([2H])([2H])O)[C@H](O)C1O.[2H]C1=NC(N)=NC(=C)N1[C@@H]1O[C@H](CO)[C@H](O)C1([2H])O.[2H]C1=NC(N)=NC(=C)N1[C@@H]1O[C@H](CO)[C@]([2H])(O)C1O.[2H]C1=NC(N)=NC(=C)N1[C@@H]1O[C@]([2H])(CO)[C@H](O)C1O.[2H]C1=NC(N)=NC(=C)N1[C@]1([2H])O[C@H](CO)[C@H](O)C1O. The first-order valence-corrected chi connectivity index (χ1v) is 24.1. The minimum absolute atomic E-state index is 0.0176. The summed E-state index contributed by atoms with van der Waals surface area (Å²) in [6.45, 7) is 12.1. The molecule has 40 heteroatoms. The first-order chi connectivity index (χ1) is 44.3. The van der Waals surface area contributed by atoms with Gasteiger partial charge in [0.2, 0.25) is 29.8 Å². The predicted molar refractivity (Wildman–Crippen MR) is 294 cm³/mol. The van der Waals surface area contributed by atoms with Crippen molar-refractivity contribution in [3.8, 4) is 0 Å². The minimum Gasteiger partial charge on any atom is -0.394 e. The van der Waals surface area contributed by atoms with Crippen LogP contribution in [0.4, 0.5) is 0 Å². The van der Waals surface area contributed by atoms with Gasteiger partial charge in [0.25, 0.3) is 0 Å². The van der Waals surface area contributed by atoms with Crippen molar-refractivity contribution in [2.45, 2.75) is 123 Å². The molecule has 10 aliphatic rings. The van der Waals surface area contributed by atoms with Crippen LogP contribution in [0.2, 0.25) is 0 Å². The zero-order valence-corrected chi connectivity index (χ0v) is 43.9. The average molecular weight is 1220 g/mol. The van der Waals surface area contributed by atoms with Crippen LogP contribution < -0.4 is 28.7 Å². The van der Waals surface area contributed by atoms with E-state index >= 15 is 0 Å². The zero-order chi connectivity index (χ0) is 72.7. The maximum absolute atomic E-state index is 9.96. The molecule has 0 aromatic rings. The Morgan fingerprint density at radius 3 is 1.05 bits per heavy atom. The lowest BCUT2D eigenvalue weighted by Gasteiger charge is -2.29. The smallest absolute Gasteiger partial charge is 0.223 e. The standard InChI is InChI=1S/5C9H14N4O4/c5*1-4-12-9(10)11-3-13(4)8-7(16)6(15)5(2-14)17-8/h5*3,5-8,14-16H,1-2H2,(H2,10,12)/t5*5-,6+,7?,8-/m11111/s1/i3D,8D;3D,7D;3D,6D;3D,5D;2D2,3D. The Hall–Kier alpha value is -7.40. The Bertz CT molecular complexity index is 3300. The van der Waals surface area contributed by atoms with E-state index in [4.69, 9.17) is 87.9 Å². The summed E-state index contributed by atoms with van der Waals surface area (Å²) >= 11 is 0. The van der Waals surface area contributed by atoms with Gasteiger partial charge in [0, 0.05) is 0 Å². The van der Waals surface area contributed by atoms with Gasteiger partial charge in [-0.3, -0.25) is 24.5 Å². The largest absolute Gasteiger partial charge is 0.394 e. The lowest BCUT2D eigenvalue weighted by atomic mass is 10.1. The molecular formula is C45H70N20O20. The fraction of sp³-hybridized carbons (Fsp3) is 0.556. The number of rotatable bonds is 10. The summed E-state index contributed by atoms with van der Waals surface area (Å²) in [5.74, 6) is -1.20. The van der Waals surface area contributed by atoms with Gasteiger partial charge in [-0.15, -0.1) is 0 Å². The molecule has 10 heterocycles. The quantitative estimate of drug-likeness (QED) is 0.0966. The lowest BCUT2D eigenvalue weighted by molar-refractivity contribution is -0.0607. The highest BCUT2D eigenvalue weighted by molar-refractivity contribution is 5.91. The Morgan fingerprint density at radius 2 is 0.718 bits per heavy atom. The molecular weight excluding hydrogens is 1140 g/mol. The summed E-state index contributed by atoms with van der Waals surface area (Å²) < 4.78 is 109. The topological polar surface area (TPSA) is 620 Å². The first-order valence-electron chi connectivity index (χ1n) is 29.6. The van der Waals surface area contributed by atoms with Gasteiger partial charge in [0.1, 0.15) is 159 Å². The van der Waals surface area contributed by atoms with Crippen molar-refractivity contribution in [3.05, 3.63) is 62.0 Å². The normalized spacial score (nSPS) is 43.5. The molecule has 0 amide bonds. The highest BCUT2D eigenvalue weighted by Crippen LogP contribution is 2.31. The maximum Gasteiger partial charge on any atom is 0.223 e. The van der Waals surface area contributed by atoms with Gasteiger partial charge < -0.3 is 129 Å². The summed E-state index contributed by atoms with van der Waals surface area (Å²) in [5.41, 5.74) is 26.7. The van der Waals surface area contributed by atoms with Crippen LogP contribution in [0.1, 0.15) is 15.1 Å². The number of guanidine groups is 5. The molecule has 40 nitrogen and oxygen atoms in total. The Labute approximate surface area is 497 Å². The van der Waals surface area contributed by atoms with Gasteiger partial charge >= 0.3 is 0 Å². The number of ether oxygens (including phenoxy) is 5. The number of hydrogen-bond donors (Lipinski definition) is 20. The van der Waals surface area contributed by atoms with E-state index in [1.54, 1.807) is 0 Å². The predicted octanol–water partition coefficient (Wildman–Crippen LogP) is -12.2. The van der Waals surface area contributed by atoms with Crippen LogP contribution >= 0.6 is 0 Å². The van der Waals surface area contributed by atoms with Crippen molar-refractivity contribution >= 4 is 61.4 Å². The second kappa shape index (κ2) is 29.1. The van der Waals surface area contributed by atoms with E-state index in [0.717, 1.165) is 24.5 Å². The van der Waals surface area contributed by atoms with E-state index in [9.17, 15) is 56.2 Å². The third kappa shape index (κ3) is 15.2. The summed E-state index contributed by atoms with van der Waals surface area (Å²) in [7, 11) is 0. The van der Waals surface area contributed by atoms with Crippen LogP contribution in [-0.2, 0) is 23.7 Å². The van der Waals surface area contributed by atoms with E-state index in [1.807, 2.05) is 0 Å². The van der Waals surface area contributed by atoms with Gasteiger partial charge in [-0.1, -0.05) is 32.9 Å². The van der Waals surface area contributed by atoms with E-state index in [2.05, 4.69) is 82.8 Å². The first kappa shape index (κ1) is 52.0. The van der Waals surface area contributed by atoms with Crippen molar-refractivity contribution in [2.75, 3.05) is 33.0 Å². The van der Waals surface area contributed by atoms with Gasteiger partial charge in [0.15, 0.2) is 31.1 Å². The summed E-state index contributed by atoms with van der Waals surface area (Å²) in [5, 5.41) is 143. The summed E-state index contributed by atoms with van der Waals surface area (Å²) in [6, 6.07) is 0. The van der Waals surface area contributed by atoms with Crippen molar-refractivity contribution in [2.24, 2.45) is 78.6 Å². The molecule has 470 valence electrons. The van der Waals surface area contributed by atoms with Crippen LogP contribution in [0, 0.1) is 0 Å². The Balaban J connectivity index is 0.000000190. The number of aliphatic hydroxyl groups is 15. The van der Waals surface area contributed by atoms with Crippen molar-refractivity contribution < 1.29 is 115 Å². The third-order valence-electron chi connectivity index (χ3n) is 12.1. The highest BCUT2D eigenvalue weighted by Gasteiger charge is 2.50. The third-order valence-corrected chi connectivity index (χ3v) is 12.1. The van der Waals surface area contributed by atoms with Gasteiger partial charge in [0.05, 0.1) is 41.2 Å². The number of amidine groups is 5. The number of hydrogen-bond acceptors (Lipinski definition) is 40. The minimum atomic E-state index is -2.87. The van der Waals surface area contributed by atoms with E-state index in [0.29, 0.717) is 0 Å². The number of aliphatic hydroxyl groups excluding tert-OH is 12.